The smallest absolute Gasteiger partial charge is 0.349 e. The first-order valence-electron chi connectivity index (χ1n) is 11.2. The Kier molecular flexibility index (Phi) is 14.7. The van der Waals surface area contributed by atoms with Crippen molar-refractivity contribution in [1.29, 1.82) is 2.67 Å². The Morgan fingerprint density at radius 1 is 1.15 bits per heavy atom. The van der Waals surface area contributed by atoms with Gasteiger partial charge in [0.2, 0.25) is 19.7 Å². The Hall–Kier alpha value is -1.96. The van der Waals surface area contributed by atoms with Gasteiger partial charge < -0.3 is 26.2 Å². The zero-order valence-corrected chi connectivity index (χ0v) is 18.1. The van der Waals surface area contributed by atoms with Gasteiger partial charge in [-0.25, -0.2) is 0 Å². The average Bonchev–Trinajstić information content (AvgIpc) is 2.75. The summed E-state index contributed by atoms with van der Waals surface area (Å²) in [5.41, 5.74) is 0. The van der Waals surface area contributed by atoms with Crippen molar-refractivity contribution < 1.29 is 40.7 Å². The molecule has 2 rings (SSSR count). The van der Waals surface area contributed by atoms with Crippen molar-refractivity contribution in [3.05, 3.63) is 0 Å². The highest BCUT2D eigenvalue weighted by molar-refractivity contribution is 6.56. The quantitative estimate of drug-likeness (QED) is 0.323. The lowest BCUT2D eigenvalue weighted by Crippen LogP contribution is -2.58. The lowest BCUT2D eigenvalue weighted by Gasteiger charge is -2.32. The van der Waals surface area contributed by atoms with Crippen molar-refractivity contribution in [2.75, 3.05) is 45.8 Å². The molecule has 0 unspecified atom stereocenters. The first-order valence-corrected chi connectivity index (χ1v) is 10.0. The first kappa shape index (κ1) is 30.1. The van der Waals surface area contributed by atoms with E-state index in [0.717, 1.165) is 13.0 Å². The van der Waals surface area contributed by atoms with Gasteiger partial charge in [-0.05, 0) is 22.1 Å². The van der Waals surface area contributed by atoms with Gasteiger partial charge in [0.1, 0.15) is 19.1 Å². The molecule has 2 radical (unpaired) electrons. The van der Waals surface area contributed by atoms with Crippen molar-refractivity contribution >= 4 is 33.2 Å². The maximum absolute atomic E-state index is 11.9. The number of rotatable bonds is 4. The molecule has 8 nitrogen and oxygen atoms in total. The van der Waals surface area contributed by atoms with Crippen LogP contribution in [0.2, 0.25) is 6.82 Å². The molecule has 0 saturated carbocycles. The van der Waals surface area contributed by atoms with Crippen LogP contribution in [-0.2, 0) is 9.59 Å². The topological polar surface area (TPSA) is 103 Å². The number of hydrogen-bond acceptors (Lipinski definition) is 5. The SMILES string of the molecule is C.O=C(NCC(F)(F)F)[C@H]1CCCNC1.[2H]B([3H])C.[B]C(=O)N1CCN[C@H](C(=O)NCC(F)(F)F)C1. The second kappa shape index (κ2) is 16.6. The minimum atomic E-state index is -4.45. The van der Waals surface area contributed by atoms with Crippen LogP contribution < -0.4 is 21.3 Å². The molecule has 16 heteroatoms. The van der Waals surface area contributed by atoms with Crippen LogP contribution in [0, 0.1) is 5.92 Å². The fraction of sp³-hybridized carbons (Fsp3) is 0.833. The van der Waals surface area contributed by atoms with Crippen molar-refractivity contribution in [3.63, 3.8) is 0 Å². The van der Waals surface area contributed by atoms with Gasteiger partial charge in [-0.1, -0.05) is 14.2 Å². The standard InChI is InChI=1S/C8H11BF3N3O2.C8H13F3N2O.CH5B.CH4/c9-7(17)15-2-1-13-5(3-15)6(16)14-4-8(10,11)12;9-8(10,11)5-13-7(14)6-2-1-3-12-4-6;1-2;/h5,13H,1-4H2,(H,14,16);6,12H,1-5H2,(H,13,14);2H2,1H3;1H4/t5-;6-;;/m00../s1/i;;2TD;. The number of halogens is 6. The molecule has 2 atom stereocenters. The summed E-state index contributed by atoms with van der Waals surface area (Å²) in [5.74, 6) is -2.31. The van der Waals surface area contributed by atoms with Gasteiger partial charge in [0.05, 0.1) is 13.7 Å². The van der Waals surface area contributed by atoms with E-state index in [-0.39, 0.29) is 19.9 Å². The Labute approximate surface area is 200 Å². The summed E-state index contributed by atoms with van der Waals surface area (Å²) < 4.78 is 83.4. The van der Waals surface area contributed by atoms with E-state index in [9.17, 15) is 40.7 Å². The van der Waals surface area contributed by atoms with Crippen LogP contribution in [0.1, 0.15) is 20.3 Å². The van der Waals surface area contributed by atoms with E-state index < -0.39 is 56.9 Å². The van der Waals surface area contributed by atoms with Crippen molar-refractivity contribution in [2.45, 2.75) is 45.5 Å². The van der Waals surface area contributed by atoms with Crippen LogP contribution >= 0.6 is 0 Å². The molecule has 3 amide bonds. The van der Waals surface area contributed by atoms with Crippen LogP contribution in [-0.4, -0.2) is 105 Å². The number of nitrogens with one attached hydrogen (secondary N) is 4. The molecular formula is C18H33B2F6N5O3. The molecule has 0 aromatic heterocycles. The molecule has 2 aliphatic rings. The number of carbonyl (C=O) groups excluding carboxylic acids is 3. The fourth-order valence-corrected chi connectivity index (χ4v) is 2.84. The van der Waals surface area contributed by atoms with E-state index in [0.29, 0.717) is 26.1 Å². The van der Waals surface area contributed by atoms with Gasteiger partial charge in [0.25, 0.3) is 0 Å². The summed E-state index contributed by atoms with van der Waals surface area (Å²) in [4.78, 5) is 34.6. The van der Waals surface area contributed by atoms with E-state index >= 15 is 0 Å². The number of piperidine rings is 1. The highest BCUT2D eigenvalue weighted by atomic mass is 19.4. The molecule has 0 bridgehead atoms. The third-order valence-electron chi connectivity index (χ3n) is 4.40. The third-order valence-corrected chi connectivity index (χ3v) is 4.40. The molecule has 0 aromatic carbocycles. The number of hydrogen-bond donors (Lipinski definition) is 4. The molecule has 2 saturated heterocycles. The average molecular weight is 506 g/mol. The van der Waals surface area contributed by atoms with E-state index in [1.54, 1.807) is 5.32 Å². The van der Waals surface area contributed by atoms with E-state index in [2.05, 4.69) is 10.6 Å². The summed E-state index contributed by atoms with van der Waals surface area (Å²) in [6.45, 7) is 0.806. The molecule has 196 valence electrons. The van der Waals surface area contributed by atoms with Crippen LogP contribution in [0.3, 0.4) is 0 Å². The molecule has 0 spiro atoms. The molecular weight excluding hydrogens is 470 g/mol. The van der Waals surface area contributed by atoms with Gasteiger partial charge in [-0.3, -0.25) is 14.4 Å². The molecule has 34 heavy (non-hydrogen) atoms. The van der Waals surface area contributed by atoms with Gasteiger partial charge in [0.15, 0.2) is 5.81 Å². The maximum Gasteiger partial charge on any atom is 0.405 e. The minimum absolute atomic E-state index is 0. The third kappa shape index (κ3) is 15.8. The molecule has 0 aromatic rings. The summed E-state index contributed by atoms with van der Waals surface area (Å²) >= 11 is 0. The predicted octanol–water partition coefficient (Wildman–Crippen LogP) is 0.195. The van der Waals surface area contributed by atoms with E-state index in [1.807, 2.05) is 5.32 Å². The lowest BCUT2D eigenvalue weighted by molar-refractivity contribution is -0.141. The molecule has 0 aliphatic carbocycles. The Morgan fingerprint density at radius 3 is 2.12 bits per heavy atom. The molecule has 2 fully saturated rings. The van der Waals surface area contributed by atoms with Crippen LogP contribution in [0.5, 0.6) is 0 Å². The lowest BCUT2D eigenvalue weighted by atomic mass is 9.99. The fourth-order valence-electron chi connectivity index (χ4n) is 2.84. The molecule has 2 heterocycles. The molecule has 4 N–H and O–H groups in total. The van der Waals surface area contributed by atoms with Crippen LogP contribution in [0.15, 0.2) is 0 Å². The van der Waals surface area contributed by atoms with Gasteiger partial charge >= 0.3 is 12.4 Å². The van der Waals surface area contributed by atoms with Crippen molar-refractivity contribution in [2.24, 2.45) is 5.92 Å². The maximum atomic E-state index is 11.9. The Balaban J connectivity index is 0. The van der Waals surface area contributed by atoms with Gasteiger partial charge in [-0.15, -0.1) is 0 Å². The number of piperazine rings is 1. The number of amides is 3. The van der Waals surface area contributed by atoms with Crippen LogP contribution in [0.4, 0.5) is 31.1 Å². The summed E-state index contributed by atoms with van der Waals surface area (Å²) in [6, 6.07) is -0.862. The summed E-state index contributed by atoms with van der Waals surface area (Å²) in [6.07, 6.45) is -7.27. The Morgan fingerprint density at radius 2 is 1.68 bits per heavy atom. The normalized spacial score (nSPS) is 21.0. The van der Waals surface area contributed by atoms with E-state index in [1.165, 1.54) is 11.7 Å². The predicted molar refractivity (Wildman–Crippen MR) is 119 cm³/mol. The van der Waals surface area contributed by atoms with Crippen LogP contribution in [0.25, 0.3) is 0 Å². The second-order valence-electron chi connectivity index (χ2n) is 7.00. The van der Waals surface area contributed by atoms with Gasteiger partial charge in [-0.2, -0.15) is 26.3 Å². The monoisotopic (exact) mass is 506 g/mol. The largest absolute Gasteiger partial charge is 0.405 e. The minimum Gasteiger partial charge on any atom is -0.349 e. The van der Waals surface area contributed by atoms with Crippen molar-refractivity contribution in [1.82, 2.24) is 26.2 Å². The highest BCUT2D eigenvalue weighted by Crippen LogP contribution is 2.14. The summed E-state index contributed by atoms with van der Waals surface area (Å²) in [7, 11) is 4.35. The van der Waals surface area contributed by atoms with Crippen molar-refractivity contribution in [3.8, 4) is 0 Å². The van der Waals surface area contributed by atoms with Gasteiger partial charge in [0, 0.05) is 26.2 Å². The number of nitrogens with zero attached hydrogens (tertiary/aromatic N) is 1. The zero-order chi connectivity index (χ0) is 27.2. The number of alkyl halides is 6. The highest BCUT2D eigenvalue weighted by Gasteiger charge is 2.32. The zero-order valence-electron chi connectivity index (χ0n) is 20.1. The number of carbonyl (C=O) groups is 3. The van der Waals surface area contributed by atoms with E-state index in [4.69, 9.17) is 10.5 Å². The second-order valence-corrected chi connectivity index (χ2v) is 7.00. The summed E-state index contributed by atoms with van der Waals surface area (Å²) in [5, 5.41) is 9.32. The Bertz CT molecular complexity index is 669. The molecule has 2 aliphatic heterocycles. The first-order chi connectivity index (χ1) is 16.0.